The summed E-state index contributed by atoms with van der Waals surface area (Å²) in [6.45, 7) is 4.53. The summed E-state index contributed by atoms with van der Waals surface area (Å²) in [6.07, 6.45) is 1.32. The number of likely N-dealkylation sites (N-methyl/N-ethyl adjacent to an activating group) is 2. The Morgan fingerprint density at radius 3 is 2.35 bits per heavy atom. The standard InChI is InChI=1S/C11H21N5O3S/c1-5-16(6-2)9(17)7-15(4)20(18,19)11-10(12)13-8-14(11)3/h8H,5-7,12H2,1-4H3. The van der Waals surface area contributed by atoms with E-state index in [4.69, 9.17) is 5.73 Å². The molecular formula is C11H21N5O3S. The van der Waals surface area contributed by atoms with Gasteiger partial charge in [0.15, 0.2) is 10.8 Å². The van der Waals surface area contributed by atoms with Gasteiger partial charge in [-0.05, 0) is 13.8 Å². The Kier molecular flexibility index (Phi) is 5.12. The van der Waals surface area contributed by atoms with Crippen LogP contribution >= 0.6 is 0 Å². The molecule has 0 saturated heterocycles. The van der Waals surface area contributed by atoms with Crippen LogP contribution in [0.5, 0.6) is 0 Å². The van der Waals surface area contributed by atoms with E-state index in [-0.39, 0.29) is 23.3 Å². The lowest BCUT2D eigenvalue weighted by molar-refractivity contribution is -0.130. The Labute approximate surface area is 119 Å². The molecule has 1 aromatic heterocycles. The van der Waals surface area contributed by atoms with Gasteiger partial charge >= 0.3 is 0 Å². The van der Waals surface area contributed by atoms with E-state index in [0.717, 1.165) is 4.31 Å². The van der Waals surface area contributed by atoms with E-state index in [1.807, 2.05) is 13.8 Å². The second-order valence-electron chi connectivity index (χ2n) is 4.37. The van der Waals surface area contributed by atoms with Gasteiger partial charge in [0.2, 0.25) is 5.91 Å². The summed E-state index contributed by atoms with van der Waals surface area (Å²) < 4.78 is 27.1. The summed E-state index contributed by atoms with van der Waals surface area (Å²) in [5, 5.41) is -0.104. The molecule has 1 amide bonds. The highest BCUT2D eigenvalue weighted by Gasteiger charge is 2.29. The SMILES string of the molecule is CCN(CC)C(=O)CN(C)S(=O)(=O)c1c(N)ncn1C. The molecule has 8 nitrogen and oxygen atoms in total. The quantitative estimate of drug-likeness (QED) is 0.763. The van der Waals surface area contributed by atoms with Crippen molar-refractivity contribution in [3.63, 3.8) is 0 Å². The van der Waals surface area contributed by atoms with Crippen molar-refractivity contribution in [3.8, 4) is 0 Å². The molecule has 0 aromatic carbocycles. The first-order valence-corrected chi connectivity index (χ1v) is 7.70. The molecule has 1 heterocycles. The van der Waals surface area contributed by atoms with E-state index in [1.165, 1.54) is 25.0 Å². The minimum atomic E-state index is -3.84. The highest BCUT2D eigenvalue weighted by Crippen LogP contribution is 2.19. The molecule has 0 aliphatic carbocycles. The number of hydrogen-bond acceptors (Lipinski definition) is 5. The van der Waals surface area contributed by atoms with Crippen molar-refractivity contribution in [2.45, 2.75) is 18.9 Å². The van der Waals surface area contributed by atoms with Gasteiger partial charge in [-0.1, -0.05) is 0 Å². The molecule has 0 radical (unpaired) electrons. The van der Waals surface area contributed by atoms with Crippen LogP contribution in [0.3, 0.4) is 0 Å². The van der Waals surface area contributed by atoms with Crippen LogP contribution in [0.15, 0.2) is 11.4 Å². The number of carbonyl (C=O) groups is 1. The van der Waals surface area contributed by atoms with Crippen molar-refractivity contribution in [2.24, 2.45) is 7.05 Å². The summed E-state index contributed by atoms with van der Waals surface area (Å²) in [5.74, 6) is -0.323. The molecule has 9 heteroatoms. The van der Waals surface area contributed by atoms with Crippen LogP contribution in [0.2, 0.25) is 0 Å². The van der Waals surface area contributed by atoms with Gasteiger partial charge in [0.25, 0.3) is 10.0 Å². The fraction of sp³-hybridized carbons (Fsp3) is 0.636. The van der Waals surface area contributed by atoms with E-state index in [0.29, 0.717) is 13.1 Å². The number of nitrogen functional groups attached to an aromatic ring is 1. The second-order valence-corrected chi connectivity index (χ2v) is 6.33. The molecule has 0 saturated carbocycles. The third-order valence-electron chi connectivity index (χ3n) is 3.04. The van der Waals surface area contributed by atoms with Gasteiger partial charge in [-0.25, -0.2) is 13.4 Å². The van der Waals surface area contributed by atoms with E-state index in [9.17, 15) is 13.2 Å². The zero-order chi connectivity index (χ0) is 15.5. The number of imidazole rings is 1. The number of nitrogens with zero attached hydrogens (tertiary/aromatic N) is 4. The van der Waals surface area contributed by atoms with E-state index < -0.39 is 10.0 Å². The van der Waals surface area contributed by atoms with Gasteiger partial charge in [0.1, 0.15) is 0 Å². The number of anilines is 1. The Morgan fingerprint density at radius 2 is 1.95 bits per heavy atom. The number of aromatic nitrogens is 2. The zero-order valence-corrected chi connectivity index (χ0v) is 13.0. The molecule has 0 aliphatic rings. The van der Waals surface area contributed by atoms with Gasteiger partial charge in [0, 0.05) is 27.2 Å². The predicted octanol–water partition coefficient (Wildman–Crippen LogP) is -0.509. The Balaban J connectivity index is 2.97. The number of rotatable bonds is 6. The molecule has 0 unspecified atom stereocenters. The van der Waals surface area contributed by atoms with Crippen LogP contribution in [-0.2, 0) is 21.9 Å². The number of carbonyl (C=O) groups excluding carboxylic acids is 1. The maximum absolute atomic E-state index is 12.4. The molecule has 114 valence electrons. The van der Waals surface area contributed by atoms with Gasteiger partial charge in [-0.2, -0.15) is 4.31 Å². The van der Waals surface area contributed by atoms with E-state index in [1.54, 1.807) is 4.90 Å². The minimum absolute atomic E-state index is 0.0744. The summed E-state index contributed by atoms with van der Waals surface area (Å²) >= 11 is 0. The largest absolute Gasteiger partial charge is 0.381 e. The van der Waals surface area contributed by atoms with Crippen molar-refractivity contribution < 1.29 is 13.2 Å². The van der Waals surface area contributed by atoms with Gasteiger partial charge in [-0.15, -0.1) is 0 Å². The number of amides is 1. The fourth-order valence-corrected chi connectivity index (χ4v) is 3.15. The molecule has 0 atom stereocenters. The molecule has 1 aromatic rings. The van der Waals surface area contributed by atoms with E-state index >= 15 is 0 Å². The molecule has 0 aliphatic heterocycles. The third-order valence-corrected chi connectivity index (χ3v) is 4.97. The zero-order valence-electron chi connectivity index (χ0n) is 12.2. The first-order valence-electron chi connectivity index (χ1n) is 6.26. The monoisotopic (exact) mass is 303 g/mol. The average molecular weight is 303 g/mol. The molecule has 0 bridgehead atoms. The van der Waals surface area contributed by atoms with Gasteiger partial charge in [-0.3, -0.25) is 4.79 Å². The Hall–Kier alpha value is -1.61. The minimum Gasteiger partial charge on any atom is -0.381 e. The Bertz CT molecular complexity index is 557. The van der Waals surface area contributed by atoms with Crippen LogP contribution in [0.4, 0.5) is 5.82 Å². The fourth-order valence-electron chi connectivity index (χ4n) is 1.85. The normalized spacial score (nSPS) is 11.8. The molecule has 0 fully saturated rings. The van der Waals surface area contributed by atoms with Crippen molar-refractivity contribution in [1.82, 2.24) is 18.8 Å². The van der Waals surface area contributed by atoms with Crippen LogP contribution in [0.25, 0.3) is 0 Å². The average Bonchev–Trinajstić information content (AvgIpc) is 2.70. The van der Waals surface area contributed by atoms with Crippen molar-refractivity contribution in [1.29, 1.82) is 0 Å². The summed E-state index contributed by atoms with van der Waals surface area (Å²) in [7, 11) is -0.952. The lowest BCUT2D eigenvalue weighted by Crippen LogP contribution is -2.41. The summed E-state index contributed by atoms with van der Waals surface area (Å²) in [5.41, 5.74) is 5.58. The van der Waals surface area contributed by atoms with Crippen LogP contribution in [-0.4, -0.2) is 59.8 Å². The molecule has 20 heavy (non-hydrogen) atoms. The maximum atomic E-state index is 12.4. The Morgan fingerprint density at radius 1 is 1.40 bits per heavy atom. The highest BCUT2D eigenvalue weighted by atomic mass is 32.2. The number of nitrogens with two attached hydrogens (primary N) is 1. The molecule has 2 N–H and O–H groups in total. The smallest absolute Gasteiger partial charge is 0.262 e. The van der Waals surface area contributed by atoms with Crippen molar-refractivity contribution in [3.05, 3.63) is 6.33 Å². The first-order chi connectivity index (χ1) is 9.25. The summed E-state index contributed by atoms with van der Waals surface area (Å²) in [6, 6.07) is 0. The highest BCUT2D eigenvalue weighted by molar-refractivity contribution is 7.89. The number of hydrogen-bond donors (Lipinski definition) is 1. The second kappa shape index (κ2) is 6.23. The topological polar surface area (TPSA) is 102 Å². The van der Waals surface area contributed by atoms with E-state index in [2.05, 4.69) is 4.98 Å². The number of aryl methyl sites for hydroxylation is 1. The maximum Gasteiger partial charge on any atom is 0.262 e. The van der Waals surface area contributed by atoms with Gasteiger partial charge < -0.3 is 15.2 Å². The van der Waals surface area contributed by atoms with Gasteiger partial charge in [0.05, 0.1) is 12.9 Å². The lowest BCUT2D eigenvalue weighted by atomic mass is 10.4. The van der Waals surface area contributed by atoms with Crippen molar-refractivity contribution >= 4 is 21.7 Å². The lowest BCUT2D eigenvalue weighted by Gasteiger charge is -2.23. The van der Waals surface area contributed by atoms with Crippen LogP contribution in [0, 0.1) is 0 Å². The number of sulfonamides is 1. The predicted molar refractivity (Wildman–Crippen MR) is 75.4 cm³/mol. The van der Waals surface area contributed by atoms with Crippen LogP contribution in [0.1, 0.15) is 13.8 Å². The summed E-state index contributed by atoms with van der Waals surface area (Å²) in [4.78, 5) is 17.3. The van der Waals surface area contributed by atoms with Crippen molar-refractivity contribution in [2.75, 3.05) is 32.4 Å². The molecule has 0 spiro atoms. The third kappa shape index (κ3) is 3.10. The van der Waals surface area contributed by atoms with Crippen LogP contribution < -0.4 is 5.73 Å². The molecule has 1 rings (SSSR count). The molecular weight excluding hydrogens is 282 g/mol. The first kappa shape index (κ1) is 16.4.